The van der Waals surface area contributed by atoms with Crippen LogP contribution < -0.4 is 4.74 Å². The van der Waals surface area contributed by atoms with Crippen molar-refractivity contribution >= 4 is 16.8 Å². The van der Waals surface area contributed by atoms with E-state index < -0.39 is 0 Å². The van der Waals surface area contributed by atoms with Gasteiger partial charge in [-0.25, -0.2) is 0 Å². The minimum atomic E-state index is -0.0681. The third-order valence-corrected chi connectivity index (χ3v) is 5.58. The number of aromatic amines is 1. The quantitative estimate of drug-likeness (QED) is 0.754. The lowest BCUT2D eigenvalue weighted by Gasteiger charge is -2.31. The van der Waals surface area contributed by atoms with Crippen molar-refractivity contribution in [3.05, 3.63) is 42.4 Å². The lowest BCUT2D eigenvalue weighted by atomic mass is 10.1. The zero-order valence-corrected chi connectivity index (χ0v) is 15.2. The monoisotopic (exact) mass is 365 g/mol. The first-order valence-corrected chi connectivity index (χ1v) is 9.67. The second-order valence-electron chi connectivity index (χ2n) is 7.57. The van der Waals surface area contributed by atoms with Crippen molar-refractivity contribution in [3.63, 3.8) is 0 Å². The fourth-order valence-electron chi connectivity index (χ4n) is 3.86. The summed E-state index contributed by atoms with van der Waals surface area (Å²) in [7, 11) is 0. The van der Waals surface area contributed by atoms with Gasteiger partial charge in [0.1, 0.15) is 11.9 Å². The molecule has 140 valence electrons. The van der Waals surface area contributed by atoms with Gasteiger partial charge >= 0.3 is 0 Å². The predicted molar refractivity (Wildman–Crippen MR) is 101 cm³/mol. The molecular formula is C20H23N5O2. The number of likely N-dealkylation sites (tertiary alicyclic amines) is 1. The van der Waals surface area contributed by atoms with E-state index in [4.69, 9.17) is 4.74 Å². The number of rotatable bonds is 5. The van der Waals surface area contributed by atoms with E-state index in [0.717, 1.165) is 31.1 Å². The summed E-state index contributed by atoms with van der Waals surface area (Å²) in [5.74, 6) is 1.72. The first-order valence-electron chi connectivity index (χ1n) is 9.67. The molecule has 7 nitrogen and oxygen atoms in total. The van der Waals surface area contributed by atoms with Gasteiger partial charge in [-0.1, -0.05) is 6.07 Å². The number of nitrogens with one attached hydrogen (secondary N) is 1. The lowest BCUT2D eigenvalue weighted by molar-refractivity contribution is 0.0592. The second-order valence-corrected chi connectivity index (χ2v) is 7.57. The Morgan fingerprint density at radius 3 is 2.78 bits per heavy atom. The summed E-state index contributed by atoms with van der Waals surface area (Å²) < 4.78 is 8.68. The Labute approximate surface area is 157 Å². The molecule has 5 rings (SSSR count). The molecule has 3 heterocycles. The third kappa shape index (κ3) is 3.29. The number of aromatic nitrogens is 4. The van der Waals surface area contributed by atoms with Crippen LogP contribution in [0.25, 0.3) is 10.9 Å². The molecule has 0 bridgehead atoms. The molecule has 7 heteroatoms. The van der Waals surface area contributed by atoms with Crippen LogP contribution in [0.4, 0.5) is 0 Å². The highest BCUT2D eigenvalue weighted by molar-refractivity contribution is 5.92. The van der Waals surface area contributed by atoms with Crippen molar-refractivity contribution in [2.75, 3.05) is 13.1 Å². The summed E-state index contributed by atoms with van der Waals surface area (Å²) in [5.41, 5.74) is 1.62. The maximum Gasteiger partial charge on any atom is 0.276 e. The molecule has 0 unspecified atom stereocenters. The van der Waals surface area contributed by atoms with E-state index in [1.54, 1.807) is 0 Å². The number of carbonyl (C=O) groups is 1. The average molecular weight is 365 g/mol. The van der Waals surface area contributed by atoms with Gasteiger partial charge in [0.2, 0.25) is 0 Å². The number of hydrogen-bond donors (Lipinski definition) is 1. The van der Waals surface area contributed by atoms with Crippen LogP contribution in [0.5, 0.6) is 5.75 Å². The van der Waals surface area contributed by atoms with Crippen molar-refractivity contribution in [3.8, 4) is 5.75 Å². The molecule has 1 aromatic carbocycles. The Morgan fingerprint density at radius 1 is 1.19 bits per heavy atom. The zero-order valence-electron chi connectivity index (χ0n) is 15.2. The Balaban J connectivity index is 1.25. The highest BCUT2D eigenvalue weighted by atomic mass is 16.5. The van der Waals surface area contributed by atoms with Gasteiger partial charge in [-0.3, -0.25) is 4.79 Å². The number of carbonyl (C=O) groups excluding carboxylic acids is 1. The van der Waals surface area contributed by atoms with Crippen molar-refractivity contribution < 1.29 is 9.53 Å². The molecule has 1 aliphatic carbocycles. The van der Waals surface area contributed by atoms with Crippen LogP contribution in [-0.2, 0) is 6.54 Å². The summed E-state index contributed by atoms with van der Waals surface area (Å²) in [6.45, 7) is 2.46. The molecule has 2 fully saturated rings. The van der Waals surface area contributed by atoms with Crippen LogP contribution in [0.1, 0.15) is 36.2 Å². The van der Waals surface area contributed by atoms with Crippen LogP contribution in [0.2, 0.25) is 0 Å². The van der Waals surface area contributed by atoms with Crippen molar-refractivity contribution in [1.29, 1.82) is 0 Å². The SMILES string of the molecule is O=C(c1cn[nH]n1)N1CCC(Oc2cccc3c2ccn3CC2CC2)CC1. The maximum absolute atomic E-state index is 12.4. The van der Waals surface area contributed by atoms with Gasteiger partial charge in [-0.15, -0.1) is 0 Å². The summed E-state index contributed by atoms with van der Waals surface area (Å²) in [6.07, 6.45) is 8.12. The number of ether oxygens (including phenoxy) is 1. The number of amides is 1. The Hall–Kier alpha value is -2.83. The van der Waals surface area contributed by atoms with Gasteiger partial charge < -0.3 is 14.2 Å². The first-order chi connectivity index (χ1) is 13.3. The van der Waals surface area contributed by atoms with E-state index in [-0.39, 0.29) is 12.0 Å². The Morgan fingerprint density at radius 2 is 2.04 bits per heavy atom. The second kappa shape index (κ2) is 6.72. The fourth-order valence-corrected chi connectivity index (χ4v) is 3.86. The third-order valence-electron chi connectivity index (χ3n) is 5.58. The molecule has 0 spiro atoms. The standard InChI is InChI=1S/C20H23N5O2/c26-20(17-12-21-23-22-17)24-9-6-15(7-10-24)27-19-3-1-2-18-16(19)8-11-25(18)13-14-4-5-14/h1-3,8,11-12,14-15H,4-7,9-10,13H2,(H,21,22,23). The van der Waals surface area contributed by atoms with Gasteiger partial charge in [-0.05, 0) is 37.0 Å². The van der Waals surface area contributed by atoms with Gasteiger partial charge in [0.15, 0.2) is 5.69 Å². The molecule has 1 amide bonds. The van der Waals surface area contributed by atoms with Crippen LogP contribution in [0, 0.1) is 5.92 Å². The molecule has 0 radical (unpaired) electrons. The highest BCUT2D eigenvalue weighted by Crippen LogP contribution is 2.34. The Bertz CT molecular complexity index is 937. The van der Waals surface area contributed by atoms with Crippen molar-refractivity contribution in [1.82, 2.24) is 24.9 Å². The van der Waals surface area contributed by atoms with E-state index in [9.17, 15) is 4.79 Å². The van der Waals surface area contributed by atoms with Gasteiger partial charge in [-0.2, -0.15) is 15.4 Å². The number of benzene rings is 1. The van der Waals surface area contributed by atoms with Gasteiger partial charge in [0.05, 0.1) is 11.7 Å². The van der Waals surface area contributed by atoms with Crippen LogP contribution in [-0.4, -0.2) is 50.0 Å². The molecule has 2 aliphatic rings. The molecule has 1 saturated carbocycles. The number of hydrogen-bond acceptors (Lipinski definition) is 4. The largest absolute Gasteiger partial charge is 0.490 e. The zero-order chi connectivity index (χ0) is 18.2. The smallest absolute Gasteiger partial charge is 0.276 e. The topological polar surface area (TPSA) is 76.0 Å². The van der Waals surface area contributed by atoms with Crippen LogP contribution >= 0.6 is 0 Å². The number of nitrogens with zero attached hydrogens (tertiary/aromatic N) is 4. The summed E-state index contributed by atoms with van der Waals surface area (Å²) >= 11 is 0. The lowest BCUT2D eigenvalue weighted by Crippen LogP contribution is -2.41. The fraction of sp³-hybridized carbons (Fsp3) is 0.450. The molecule has 0 atom stereocenters. The molecule has 3 aromatic rings. The molecular weight excluding hydrogens is 342 g/mol. The summed E-state index contributed by atoms with van der Waals surface area (Å²) in [5, 5.41) is 11.3. The number of piperidine rings is 1. The van der Waals surface area contributed by atoms with E-state index in [0.29, 0.717) is 18.8 Å². The van der Waals surface area contributed by atoms with Gasteiger partial charge in [0.25, 0.3) is 5.91 Å². The minimum absolute atomic E-state index is 0.0681. The van der Waals surface area contributed by atoms with E-state index in [1.807, 2.05) is 4.90 Å². The molecule has 1 saturated heterocycles. The van der Waals surface area contributed by atoms with Crippen molar-refractivity contribution in [2.45, 2.75) is 38.3 Å². The molecule has 2 aromatic heterocycles. The average Bonchev–Trinajstić information content (AvgIpc) is 3.17. The van der Waals surface area contributed by atoms with E-state index in [1.165, 1.54) is 29.9 Å². The number of fused-ring (bicyclic) bond motifs is 1. The van der Waals surface area contributed by atoms with E-state index in [2.05, 4.69) is 50.4 Å². The minimum Gasteiger partial charge on any atom is -0.490 e. The Kier molecular flexibility index (Phi) is 4.07. The molecule has 1 N–H and O–H groups in total. The first kappa shape index (κ1) is 16.4. The predicted octanol–water partition coefficient (Wildman–Crippen LogP) is 2.85. The van der Waals surface area contributed by atoms with Gasteiger partial charge in [0, 0.05) is 44.1 Å². The molecule has 1 aliphatic heterocycles. The van der Waals surface area contributed by atoms with Crippen LogP contribution in [0.15, 0.2) is 36.7 Å². The molecule has 27 heavy (non-hydrogen) atoms. The van der Waals surface area contributed by atoms with Crippen LogP contribution in [0.3, 0.4) is 0 Å². The highest BCUT2D eigenvalue weighted by Gasteiger charge is 2.26. The normalized spacial score (nSPS) is 18.1. The maximum atomic E-state index is 12.4. The summed E-state index contributed by atoms with van der Waals surface area (Å²) in [6, 6.07) is 8.46. The number of H-pyrrole nitrogens is 1. The van der Waals surface area contributed by atoms with E-state index >= 15 is 0 Å². The van der Waals surface area contributed by atoms with Crippen molar-refractivity contribution in [2.24, 2.45) is 5.92 Å². The summed E-state index contributed by atoms with van der Waals surface area (Å²) in [4.78, 5) is 14.2.